The molecule has 10 heteroatoms. The van der Waals surface area contributed by atoms with Crippen LogP contribution in [0.1, 0.15) is 46.7 Å². The van der Waals surface area contributed by atoms with Crippen LogP contribution in [0.25, 0.3) is 6.08 Å². The minimum atomic E-state index is -4.59. The Morgan fingerprint density at radius 1 is 1.06 bits per heavy atom. The van der Waals surface area contributed by atoms with E-state index in [9.17, 15) is 31.1 Å². The molecule has 0 saturated carbocycles. The van der Waals surface area contributed by atoms with E-state index in [1.54, 1.807) is 12.1 Å². The van der Waals surface area contributed by atoms with Crippen LogP contribution in [0.3, 0.4) is 0 Å². The summed E-state index contributed by atoms with van der Waals surface area (Å²) < 4.78 is 78.2. The maximum Gasteiger partial charge on any atom is 0.416 e. The standard InChI is InChI=1S/C21H18BrF6NO2/c1-12-8-13(10-15(9-12)21(26,27)28)4-2-3-5-18(29-19(30)31)16-11-14(20(23,24)25)6-7-17(16)22/h2,4,6-11,18,29H,3,5H2,1H3,(H,30,31)/b4-2+/t18-/m1/s1. The predicted molar refractivity (Wildman–Crippen MR) is 107 cm³/mol. The number of hydrogen-bond donors (Lipinski definition) is 2. The second kappa shape index (κ2) is 9.76. The Morgan fingerprint density at radius 3 is 2.29 bits per heavy atom. The number of nitrogens with one attached hydrogen (secondary N) is 1. The van der Waals surface area contributed by atoms with Crippen LogP contribution in [0, 0.1) is 6.92 Å². The molecule has 2 aromatic rings. The lowest BCUT2D eigenvalue weighted by molar-refractivity contribution is -0.138. The number of amides is 1. The fourth-order valence-electron chi connectivity index (χ4n) is 3.00. The lowest BCUT2D eigenvalue weighted by Crippen LogP contribution is -2.27. The maximum absolute atomic E-state index is 13.0. The van der Waals surface area contributed by atoms with Crippen molar-refractivity contribution in [3.05, 3.63) is 74.8 Å². The van der Waals surface area contributed by atoms with Gasteiger partial charge in [-0.25, -0.2) is 4.79 Å². The van der Waals surface area contributed by atoms with Crippen molar-refractivity contribution in [1.29, 1.82) is 0 Å². The highest BCUT2D eigenvalue weighted by Crippen LogP contribution is 2.35. The fraction of sp³-hybridized carbons (Fsp3) is 0.286. The number of halogens is 7. The van der Waals surface area contributed by atoms with Crippen LogP contribution in [0.15, 0.2) is 46.9 Å². The zero-order chi connectivity index (χ0) is 23.4. The lowest BCUT2D eigenvalue weighted by atomic mass is 9.99. The average molecular weight is 510 g/mol. The van der Waals surface area contributed by atoms with Gasteiger partial charge in [0.25, 0.3) is 0 Å². The summed E-state index contributed by atoms with van der Waals surface area (Å²) in [7, 11) is 0. The van der Waals surface area contributed by atoms with Gasteiger partial charge in [-0.1, -0.05) is 34.1 Å². The van der Waals surface area contributed by atoms with Crippen LogP contribution in [0.5, 0.6) is 0 Å². The molecule has 0 aliphatic rings. The molecule has 168 valence electrons. The van der Waals surface area contributed by atoms with E-state index in [1.165, 1.54) is 19.1 Å². The Bertz CT molecular complexity index is 969. The molecule has 0 saturated heterocycles. The van der Waals surface area contributed by atoms with E-state index in [1.807, 2.05) is 0 Å². The van der Waals surface area contributed by atoms with Gasteiger partial charge in [0.1, 0.15) is 0 Å². The molecule has 0 fully saturated rings. The highest BCUT2D eigenvalue weighted by molar-refractivity contribution is 9.10. The fourth-order valence-corrected chi connectivity index (χ4v) is 3.52. The average Bonchev–Trinajstić information content (AvgIpc) is 2.62. The molecule has 31 heavy (non-hydrogen) atoms. The van der Waals surface area contributed by atoms with E-state index in [0.29, 0.717) is 15.6 Å². The molecule has 2 N–H and O–H groups in total. The lowest BCUT2D eigenvalue weighted by Gasteiger charge is -2.20. The first-order valence-electron chi connectivity index (χ1n) is 8.99. The number of aryl methyl sites for hydroxylation is 1. The van der Waals surface area contributed by atoms with Crippen LogP contribution in [0.4, 0.5) is 31.1 Å². The molecular weight excluding hydrogens is 492 g/mol. The van der Waals surface area contributed by atoms with Gasteiger partial charge >= 0.3 is 18.4 Å². The zero-order valence-electron chi connectivity index (χ0n) is 16.1. The first-order chi connectivity index (χ1) is 14.3. The molecule has 0 radical (unpaired) electrons. The van der Waals surface area contributed by atoms with Gasteiger partial charge in [-0.05, 0) is 66.8 Å². The van der Waals surface area contributed by atoms with Gasteiger partial charge in [0.15, 0.2) is 0 Å². The molecule has 0 aliphatic heterocycles. The second-order valence-corrected chi connectivity index (χ2v) is 7.70. The van der Waals surface area contributed by atoms with Gasteiger partial charge in [0, 0.05) is 4.47 Å². The second-order valence-electron chi connectivity index (χ2n) is 6.85. The third-order valence-electron chi connectivity index (χ3n) is 4.36. The van der Waals surface area contributed by atoms with Gasteiger partial charge in [-0.15, -0.1) is 0 Å². The highest BCUT2D eigenvalue weighted by Gasteiger charge is 2.32. The summed E-state index contributed by atoms with van der Waals surface area (Å²) in [5.41, 5.74) is -0.855. The van der Waals surface area contributed by atoms with Crippen LogP contribution in [0.2, 0.25) is 0 Å². The normalized spacial score (nSPS) is 13.4. The van der Waals surface area contributed by atoms with Gasteiger partial charge < -0.3 is 10.4 Å². The van der Waals surface area contributed by atoms with Crippen molar-refractivity contribution in [3.63, 3.8) is 0 Å². The molecule has 0 aliphatic carbocycles. The summed E-state index contributed by atoms with van der Waals surface area (Å²) in [5.74, 6) is 0. The third kappa shape index (κ3) is 7.30. The van der Waals surface area contributed by atoms with Crippen molar-refractivity contribution in [2.75, 3.05) is 0 Å². The van der Waals surface area contributed by atoms with Crippen LogP contribution in [-0.2, 0) is 12.4 Å². The number of hydrogen-bond acceptors (Lipinski definition) is 1. The van der Waals surface area contributed by atoms with Crippen molar-refractivity contribution in [2.24, 2.45) is 0 Å². The van der Waals surface area contributed by atoms with Crippen LogP contribution < -0.4 is 5.32 Å². The summed E-state index contributed by atoms with van der Waals surface area (Å²) in [6, 6.07) is 5.54. The monoisotopic (exact) mass is 509 g/mol. The predicted octanol–water partition coefficient (Wildman–Crippen LogP) is 7.60. The van der Waals surface area contributed by atoms with E-state index in [-0.39, 0.29) is 18.4 Å². The van der Waals surface area contributed by atoms with E-state index in [4.69, 9.17) is 5.11 Å². The minimum Gasteiger partial charge on any atom is -0.465 e. The Morgan fingerprint density at radius 2 is 1.71 bits per heavy atom. The molecule has 0 unspecified atom stereocenters. The van der Waals surface area contributed by atoms with Crippen molar-refractivity contribution < 1.29 is 36.2 Å². The summed E-state index contributed by atoms with van der Waals surface area (Å²) in [6.45, 7) is 1.53. The first-order valence-corrected chi connectivity index (χ1v) is 9.78. The molecule has 1 atom stereocenters. The van der Waals surface area contributed by atoms with Gasteiger partial charge in [0.05, 0.1) is 17.2 Å². The summed E-state index contributed by atoms with van der Waals surface area (Å²) in [5, 5.41) is 11.3. The maximum atomic E-state index is 13.0. The quantitative estimate of drug-likeness (QED) is 0.394. The van der Waals surface area contributed by atoms with Crippen LogP contribution >= 0.6 is 15.9 Å². The number of allylic oxidation sites excluding steroid dienone is 1. The van der Waals surface area contributed by atoms with Crippen molar-refractivity contribution >= 4 is 28.1 Å². The molecule has 2 rings (SSSR count). The number of benzene rings is 2. The molecule has 0 aromatic heterocycles. The summed E-state index contributed by atoms with van der Waals surface area (Å²) in [6.07, 6.45) is -7.17. The van der Waals surface area contributed by atoms with E-state index >= 15 is 0 Å². The smallest absolute Gasteiger partial charge is 0.416 e. The molecule has 2 aromatic carbocycles. The number of rotatable bonds is 6. The van der Waals surface area contributed by atoms with Gasteiger partial charge in [0.2, 0.25) is 0 Å². The Hall–Kier alpha value is -2.49. The summed E-state index contributed by atoms with van der Waals surface area (Å²) in [4.78, 5) is 11.1. The van der Waals surface area contributed by atoms with Crippen molar-refractivity contribution in [3.8, 4) is 0 Å². The number of alkyl halides is 6. The molecule has 1 amide bonds. The molecule has 3 nitrogen and oxygen atoms in total. The molecule has 0 bridgehead atoms. The van der Waals surface area contributed by atoms with Gasteiger partial charge in [-0.3, -0.25) is 0 Å². The Kier molecular flexibility index (Phi) is 7.80. The van der Waals surface area contributed by atoms with E-state index < -0.39 is 35.6 Å². The highest BCUT2D eigenvalue weighted by atomic mass is 79.9. The number of carbonyl (C=O) groups is 1. The largest absolute Gasteiger partial charge is 0.465 e. The van der Waals surface area contributed by atoms with E-state index in [2.05, 4.69) is 21.2 Å². The first kappa shape index (κ1) is 24.8. The zero-order valence-corrected chi connectivity index (χ0v) is 17.7. The van der Waals surface area contributed by atoms with Crippen molar-refractivity contribution in [1.82, 2.24) is 5.32 Å². The molecule has 0 spiro atoms. The topological polar surface area (TPSA) is 49.3 Å². The Balaban J connectivity index is 2.21. The third-order valence-corrected chi connectivity index (χ3v) is 5.08. The minimum absolute atomic E-state index is 0.0979. The van der Waals surface area contributed by atoms with E-state index in [0.717, 1.165) is 24.3 Å². The number of carboxylic acid groups (broad SMARTS) is 1. The van der Waals surface area contributed by atoms with Gasteiger partial charge in [-0.2, -0.15) is 26.3 Å². The van der Waals surface area contributed by atoms with Crippen LogP contribution in [-0.4, -0.2) is 11.2 Å². The SMILES string of the molecule is Cc1cc(/C=C/CC[C@@H](NC(=O)O)c2cc(C(F)(F)F)ccc2Br)cc(C(F)(F)F)c1. The molecular formula is C21H18BrF6NO2. The molecule has 0 heterocycles. The van der Waals surface area contributed by atoms with Crippen molar-refractivity contribution in [2.45, 2.75) is 38.2 Å². The Labute approximate surface area is 182 Å². The summed E-state index contributed by atoms with van der Waals surface area (Å²) >= 11 is 3.14.